The molecule has 0 aliphatic heterocycles. The van der Waals surface area contributed by atoms with Gasteiger partial charge < -0.3 is 5.32 Å². The van der Waals surface area contributed by atoms with Gasteiger partial charge in [0.1, 0.15) is 6.54 Å². The standard InChI is InChI=1S/C20H26N2O3S/c1-6-17-11-7-10-15(3)20(17)21-19(23)13-22(26(5,24)25)18-12-8-9-14(2)16(18)4/h7-12H,6,13H2,1-5H3,(H,21,23). The van der Waals surface area contributed by atoms with E-state index in [1.54, 1.807) is 12.1 Å². The third-order valence-electron chi connectivity index (χ3n) is 4.54. The van der Waals surface area contributed by atoms with Crippen molar-refractivity contribution < 1.29 is 13.2 Å². The monoisotopic (exact) mass is 374 g/mol. The predicted octanol–water partition coefficient (Wildman–Crippen LogP) is 3.58. The van der Waals surface area contributed by atoms with E-state index in [2.05, 4.69) is 5.32 Å². The Hall–Kier alpha value is -2.34. The number of carbonyl (C=O) groups is 1. The van der Waals surface area contributed by atoms with Crippen LogP contribution in [0.3, 0.4) is 0 Å². The predicted molar refractivity (Wildman–Crippen MR) is 107 cm³/mol. The quantitative estimate of drug-likeness (QED) is 0.840. The van der Waals surface area contributed by atoms with Crippen molar-refractivity contribution in [3.8, 4) is 0 Å². The smallest absolute Gasteiger partial charge is 0.245 e. The van der Waals surface area contributed by atoms with E-state index in [9.17, 15) is 13.2 Å². The second-order valence-corrected chi connectivity index (χ2v) is 8.41. The molecule has 1 amide bonds. The number of nitrogens with one attached hydrogen (secondary N) is 1. The summed E-state index contributed by atoms with van der Waals surface area (Å²) in [5, 5.41) is 2.89. The summed E-state index contributed by atoms with van der Waals surface area (Å²) < 4.78 is 25.8. The van der Waals surface area contributed by atoms with Gasteiger partial charge >= 0.3 is 0 Å². The van der Waals surface area contributed by atoms with E-state index in [1.165, 1.54) is 0 Å². The first kappa shape index (κ1) is 20.0. The number of hydrogen-bond acceptors (Lipinski definition) is 3. The summed E-state index contributed by atoms with van der Waals surface area (Å²) in [7, 11) is -3.60. The lowest BCUT2D eigenvalue weighted by molar-refractivity contribution is -0.114. The molecule has 0 saturated heterocycles. The van der Waals surface area contributed by atoms with Crippen molar-refractivity contribution in [1.82, 2.24) is 0 Å². The van der Waals surface area contributed by atoms with Gasteiger partial charge in [-0.25, -0.2) is 8.42 Å². The number of para-hydroxylation sites is 1. The van der Waals surface area contributed by atoms with E-state index in [1.807, 2.05) is 52.0 Å². The fourth-order valence-electron chi connectivity index (χ4n) is 2.90. The molecule has 0 aliphatic carbocycles. The SMILES string of the molecule is CCc1cccc(C)c1NC(=O)CN(c1cccc(C)c1C)S(C)(=O)=O. The van der Waals surface area contributed by atoms with Crippen molar-refractivity contribution in [3.63, 3.8) is 0 Å². The average molecular weight is 375 g/mol. The number of carbonyl (C=O) groups excluding carboxylic acids is 1. The molecule has 0 aliphatic rings. The largest absolute Gasteiger partial charge is 0.324 e. The molecule has 0 radical (unpaired) electrons. The van der Waals surface area contributed by atoms with Crippen LogP contribution >= 0.6 is 0 Å². The molecule has 0 unspecified atom stereocenters. The third kappa shape index (κ3) is 4.43. The normalized spacial score (nSPS) is 11.3. The number of nitrogens with zero attached hydrogens (tertiary/aromatic N) is 1. The first-order valence-corrected chi connectivity index (χ1v) is 10.4. The average Bonchev–Trinajstić information content (AvgIpc) is 2.56. The van der Waals surface area contributed by atoms with Gasteiger partial charge in [0.2, 0.25) is 15.9 Å². The Balaban J connectivity index is 2.33. The second-order valence-electron chi connectivity index (χ2n) is 6.50. The van der Waals surface area contributed by atoms with Crippen LogP contribution in [-0.4, -0.2) is 27.1 Å². The topological polar surface area (TPSA) is 66.5 Å². The number of benzene rings is 2. The summed E-state index contributed by atoms with van der Waals surface area (Å²) in [5.41, 5.74) is 5.09. The highest BCUT2D eigenvalue weighted by molar-refractivity contribution is 7.92. The van der Waals surface area contributed by atoms with Gasteiger partial charge in [0, 0.05) is 5.69 Å². The molecule has 2 rings (SSSR count). The molecule has 5 nitrogen and oxygen atoms in total. The van der Waals surface area contributed by atoms with Gasteiger partial charge in [-0.1, -0.05) is 37.3 Å². The van der Waals surface area contributed by atoms with Crippen molar-refractivity contribution in [2.45, 2.75) is 34.1 Å². The Labute approximate surface area is 156 Å². The minimum atomic E-state index is -3.60. The molecule has 0 heterocycles. The number of anilines is 2. The fraction of sp³-hybridized carbons (Fsp3) is 0.350. The van der Waals surface area contributed by atoms with Gasteiger partial charge in [-0.15, -0.1) is 0 Å². The van der Waals surface area contributed by atoms with Gasteiger partial charge in [-0.2, -0.15) is 0 Å². The van der Waals surface area contributed by atoms with E-state index in [0.717, 1.165) is 44.9 Å². The number of amides is 1. The molecule has 0 fully saturated rings. The molecule has 1 N–H and O–H groups in total. The van der Waals surface area contributed by atoms with Crippen LogP contribution in [0.25, 0.3) is 0 Å². The molecule has 140 valence electrons. The minimum Gasteiger partial charge on any atom is -0.324 e. The second kappa shape index (κ2) is 7.91. The Morgan fingerprint density at radius 3 is 2.27 bits per heavy atom. The number of sulfonamides is 1. The summed E-state index contributed by atoms with van der Waals surface area (Å²) in [6.45, 7) is 7.45. The molecule has 2 aromatic rings. The molecule has 26 heavy (non-hydrogen) atoms. The third-order valence-corrected chi connectivity index (χ3v) is 5.66. The van der Waals surface area contributed by atoms with Crippen LogP contribution in [0, 0.1) is 20.8 Å². The highest BCUT2D eigenvalue weighted by Gasteiger charge is 2.23. The Morgan fingerprint density at radius 1 is 1.04 bits per heavy atom. The molecule has 6 heteroatoms. The van der Waals surface area contributed by atoms with Crippen LogP contribution in [0.15, 0.2) is 36.4 Å². The maximum absolute atomic E-state index is 12.6. The lowest BCUT2D eigenvalue weighted by Gasteiger charge is -2.25. The van der Waals surface area contributed by atoms with E-state index in [0.29, 0.717) is 5.69 Å². The fourth-order valence-corrected chi connectivity index (χ4v) is 3.81. The first-order chi connectivity index (χ1) is 12.1. The number of hydrogen-bond donors (Lipinski definition) is 1. The Kier molecular flexibility index (Phi) is 6.08. The van der Waals surface area contributed by atoms with Crippen LogP contribution in [0.1, 0.15) is 29.2 Å². The zero-order valence-corrected chi connectivity index (χ0v) is 16.8. The van der Waals surface area contributed by atoms with Crippen LogP contribution in [0.5, 0.6) is 0 Å². The summed E-state index contributed by atoms with van der Waals surface area (Å²) in [6, 6.07) is 11.3. The zero-order chi connectivity index (χ0) is 19.5. The Bertz CT molecular complexity index is 921. The summed E-state index contributed by atoms with van der Waals surface area (Å²) in [5.74, 6) is -0.361. The van der Waals surface area contributed by atoms with Crippen molar-refractivity contribution in [1.29, 1.82) is 0 Å². The van der Waals surface area contributed by atoms with Gasteiger partial charge in [0.25, 0.3) is 0 Å². The zero-order valence-electron chi connectivity index (χ0n) is 16.0. The van der Waals surface area contributed by atoms with Gasteiger partial charge in [0.15, 0.2) is 0 Å². The maximum Gasteiger partial charge on any atom is 0.245 e. The summed E-state index contributed by atoms with van der Waals surface area (Å²) in [6.07, 6.45) is 1.90. The van der Waals surface area contributed by atoms with E-state index >= 15 is 0 Å². The summed E-state index contributed by atoms with van der Waals surface area (Å²) in [4.78, 5) is 12.6. The van der Waals surface area contributed by atoms with Crippen LogP contribution in [-0.2, 0) is 21.2 Å². The van der Waals surface area contributed by atoms with Gasteiger partial charge in [0.05, 0.1) is 11.9 Å². The first-order valence-electron chi connectivity index (χ1n) is 8.57. The molecule has 0 saturated carbocycles. The molecule has 0 aromatic heterocycles. The van der Waals surface area contributed by atoms with Gasteiger partial charge in [-0.3, -0.25) is 9.10 Å². The lowest BCUT2D eigenvalue weighted by atomic mass is 10.1. The van der Waals surface area contributed by atoms with E-state index < -0.39 is 10.0 Å². The van der Waals surface area contributed by atoms with Gasteiger partial charge in [-0.05, 0) is 55.5 Å². The van der Waals surface area contributed by atoms with Crippen LogP contribution in [0.2, 0.25) is 0 Å². The highest BCUT2D eigenvalue weighted by Crippen LogP contribution is 2.26. The molecule has 0 spiro atoms. The van der Waals surface area contributed by atoms with Crippen molar-refractivity contribution in [2.75, 3.05) is 22.4 Å². The van der Waals surface area contributed by atoms with Crippen LogP contribution in [0.4, 0.5) is 11.4 Å². The molecule has 0 bridgehead atoms. The molecule has 0 atom stereocenters. The summed E-state index contributed by atoms with van der Waals surface area (Å²) >= 11 is 0. The lowest BCUT2D eigenvalue weighted by Crippen LogP contribution is -2.38. The number of rotatable bonds is 6. The van der Waals surface area contributed by atoms with Crippen molar-refractivity contribution in [3.05, 3.63) is 58.7 Å². The van der Waals surface area contributed by atoms with Crippen molar-refractivity contribution >= 4 is 27.3 Å². The van der Waals surface area contributed by atoms with E-state index in [-0.39, 0.29) is 12.5 Å². The van der Waals surface area contributed by atoms with Crippen molar-refractivity contribution in [2.24, 2.45) is 0 Å². The molecule has 2 aromatic carbocycles. The van der Waals surface area contributed by atoms with E-state index in [4.69, 9.17) is 0 Å². The van der Waals surface area contributed by atoms with Crippen LogP contribution < -0.4 is 9.62 Å². The Morgan fingerprint density at radius 2 is 1.65 bits per heavy atom. The highest BCUT2D eigenvalue weighted by atomic mass is 32.2. The minimum absolute atomic E-state index is 0.263. The number of aryl methyl sites for hydroxylation is 3. The molecular weight excluding hydrogens is 348 g/mol. The maximum atomic E-state index is 12.6. The molecular formula is C20H26N2O3S.